The zero-order valence-electron chi connectivity index (χ0n) is 11.8. The molecule has 0 aromatic carbocycles. The van der Waals surface area contributed by atoms with Gasteiger partial charge < -0.3 is 5.32 Å². The number of hydrogen-bond donors (Lipinski definition) is 2. The molecular formula is C15H25NOS2. The lowest BCUT2D eigenvalue weighted by Crippen LogP contribution is -2.23. The summed E-state index contributed by atoms with van der Waals surface area (Å²) in [6, 6.07) is 1.82. The van der Waals surface area contributed by atoms with Crippen molar-refractivity contribution in [1.29, 1.82) is 0 Å². The summed E-state index contributed by atoms with van der Waals surface area (Å²) in [5, 5.41) is 4.84. The Bertz CT molecular complexity index is 363. The van der Waals surface area contributed by atoms with Gasteiger partial charge in [0.05, 0.1) is 4.88 Å². The minimum Gasteiger partial charge on any atom is -0.351 e. The lowest BCUT2D eigenvalue weighted by atomic mass is 10.1. The first-order chi connectivity index (χ1) is 9.24. The van der Waals surface area contributed by atoms with Gasteiger partial charge >= 0.3 is 0 Å². The largest absolute Gasteiger partial charge is 0.351 e. The van der Waals surface area contributed by atoms with Crippen molar-refractivity contribution in [3.63, 3.8) is 0 Å². The molecule has 0 saturated carbocycles. The van der Waals surface area contributed by atoms with Gasteiger partial charge in [-0.15, -0.1) is 24.0 Å². The molecule has 1 rings (SSSR count). The third-order valence-electron chi connectivity index (χ3n) is 3.13. The summed E-state index contributed by atoms with van der Waals surface area (Å²) >= 11 is 5.65. The molecule has 1 aromatic heterocycles. The van der Waals surface area contributed by atoms with Gasteiger partial charge in [0.1, 0.15) is 0 Å². The highest BCUT2D eigenvalue weighted by molar-refractivity contribution is 7.80. The third kappa shape index (κ3) is 7.63. The molecule has 0 fully saturated rings. The number of carbonyl (C=O) groups is 1. The van der Waals surface area contributed by atoms with Gasteiger partial charge in [-0.25, -0.2) is 0 Å². The van der Waals surface area contributed by atoms with Crippen molar-refractivity contribution in [1.82, 2.24) is 5.32 Å². The number of thiol groups is 1. The van der Waals surface area contributed by atoms with Crippen LogP contribution in [0, 0.1) is 0 Å². The van der Waals surface area contributed by atoms with Gasteiger partial charge in [0.25, 0.3) is 5.91 Å². The average Bonchev–Trinajstić information content (AvgIpc) is 2.83. The fourth-order valence-corrected chi connectivity index (χ4v) is 3.06. The number of thiophene rings is 1. The third-order valence-corrected chi connectivity index (χ3v) is 4.49. The first kappa shape index (κ1) is 16.6. The molecule has 1 aromatic rings. The fraction of sp³-hybridized carbons (Fsp3) is 0.667. The van der Waals surface area contributed by atoms with Crippen LogP contribution in [0.15, 0.2) is 16.3 Å². The summed E-state index contributed by atoms with van der Waals surface area (Å²) in [4.78, 5) is 13.3. The van der Waals surface area contributed by atoms with Crippen molar-refractivity contribution >= 4 is 29.9 Å². The first-order valence-corrected chi connectivity index (χ1v) is 8.62. The SMILES string of the molecule is CCCCCCCCCCNC(=O)c1cc(S)cs1. The van der Waals surface area contributed by atoms with E-state index in [4.69, 9.17) is 0 Å². The predicted molar refractivity (Wildman–Crippen MR) is 86.5 cm³/mol. The molecule has 0 aliphatic rings. The predicted octanol–water partition coefficient (Wildman–Crippen LogP) is 4.91. The maximum absolute atomic E-state index is 11.7. The van der Waals surface area contributed by atoms with Crippen LogP contribution in [0.1, 0.15) is 68.0 Å². The van der Waals surface area contributed by atoms with Gasteiger partial charge in [-0.2, -0.15) is 0 Å². The topological polar surface area (TPSA) is 29.1 Å². The molecule has 0 bridgehead atoms. The summed E-state index contributed by atoms with van der Waals surface area (Å²) in [6.45, 7) is 3.03. The molecule has 0 spiro atoms. The molecule has 0 aliphatic carbocycles. The van der Waals surface area contributed by atoms with Gasteiger partial charge in [-0.1, -0.05) is 51.9 Å². The van der Waals surface area contributed by atoms with E-state index in [-0.39, 0.29) is 5.91 Å². The van der Waals surface area contributed by atoms with E-state index in [1.807, 2.05) is 11.4 Å². The molecule has 0 saturated heterocycles. The number of rotatable bonds is 10. The van der Waals surface area contributed by atoms with Crippen LogP contribution < -0.4 is 5.32 Å². The molecule has 2 nitrogen and oxygen atoms in total. The highest BCUT2D eigenvalue weighted by Gasteiger charge is 2.06. The van der Waals surface area contributed by atoms with E-state index < -0.39 is 0 Å². The second kappa shape index (κ2) is 10.3. The Kier molecular flexibility index (Phi) is 9.01. The van der Waals surface area contributed by atoms with Crippen LogP contribution in [0.2, 0.25) is 0 Å². The number of nitrogens with one attached hydrogen (secondary N) is 1. The zero-order valence-corrected chi connectivity index (χ0v) is 13.5. The number of hydrogen-bond acceptors (Lipinski definition) is 3. The standard InChI is InChI=1S/C15H25NOS2/c1-2-3-4-5-6-7-8-9-10-16-15(17)14-11-13(18)12-19-14/h11-12,18H,2-10H2,1H3,(H,16,17). The minimum atomic E-state index is 0.0354. The van der Waals surface area contributed by atoms with Crippen LogP contribution >= 0.6 is 24.0 Å². The minimum absolute atomic E-state index is 0.0354. The lowest BCUT2D eigenvalue weighted by molar-refractivity contribution is 0.0957. The van der Waals surface area contributed by atoms with E-state index in [0.29, 0.717) is 0 Å². The van der Waals surface area contributed by atoms with Crippen molar-refractivity contribution in [2.75, 3.05) is 6.54 Å². The molecule has 19 heavy (non-hydrogen) atoms. The second-order valence-corrected chi connectivity index (χ2v) is 6.33. The van der Waals surface area contributed by atoms with Gasteiger partial charge in [-0.3, -0.25) is 4.79 Å². The van der Waals surface area contributed by atoms with Crippen LogP contribution in [-0.2, 0) is 0 Å². The summed E-state index contributed by atoms with van der Waals surface area (Å²) in [5.41, 5.74) is 0. The molecular weight excluding hydrogens is 274 g/mol. The lowest BCUT2D eigenvalue weighted by Gasteiger charge is -2.04. The maximum atomic E-state index is 11.7. The smallest absolute Gasteiger partial charge is 0.261 e. The van der Waals surface area contributed by atoms with E-state index in [9.17, 15) is 4.79 Å². The Hall–Kier alpha value is -0.480. The van der Waals surface area contributed by atoms with E-state index in [1.54, 1.807) is 0 Å². The van der Waals surface area contributed by atoms with Gasteiger partial charge in [0.15, 0.2) is 0 Å². The van der Waals surface area contributed by atoms with Crippen molar-refractivity contribution in [2.24, 2.45) is 0 Å². The van der Waals surface area contributed by atoms with Crippen molar-refractivity contribution < 1.29 is 4.79 Å². The van der Waals surface area contributed by atoms with E-state index in [0.717, 1.165) is 22.7 Å². The second-order valence-electron chi connectivity index (χ2n) is 4.90. The molecule has 0 aliphatic heterocycles. The molecule has 108 valence electrons. The summed E-state index contributed by atoms with van der Waals surface area (Å²) in [6.07, 6.45) is 10.3. The Labute approximate surface area is 126 Å². The molecule has 4 heteroatoms. The highest BCUT2D eigenvalue weighted by Crippen LogP contribution is 2.17. The van der Waals surface area contributed by atoms with E-state index in [2.05, 4.69) is 24.9 Å². The Morgan fingerprint density at radius 2 is 1.79 bits per heavy atom. The van der Waals surface area contributed by atoms with Crippen LogP contribution in [-0.4, -0.2) is 12.5 Å². The number of unbranched alkanes of at least 4 members (excludes halogenated alkanes) is 7. The van der Waals surface area contributed by atoms with Gasteiger partial charge in [0.2, 0.25) is 0 Å². The number of carbonyl (C=O) groups excluding carboxylic acids is 1. The molecule has 1 N–H and O–H groups in total. The normalized spacial score (nSPS) is 10.6. The highest BCUT2D eigenvalue weighted by atomic mass is 32.1. The van der Waals surface area contributed by atoms with Crippen molar-refractivity contribution in [3.05, 3.63) is 16.3 Å². The van der Waals surface area contributed by atoms with Crippen LogP contribution in [0.4, 0.5) is 0 Å². The van der Waals surface area contributed by atoms with Crippen LogP contribution in [0.3, 0.4) is 0 Å². The Morgan fingerprint density at radius 1 is 1.16 bits per heavy atom. The number of amides is 1. The maximum Gasteiger partial charge on any atom is 0.261 e. The Morgan fingerprint density at radius 3 is 2.37 bits per heavy atom. The summed E-state index contributed by atoms with van der Waals surface area (Å²) < 4.78 is 0. The van der Waals surface area contributed by atoms with E-state index >= 15 is 0 Å². The first-order valence-electron chi connectivity index (χ1n) is 7.29. The quantitative estimate of drug-likeness (QED) is 0.466. The van der Waals surface area contributed by atoms with Gasteiger partial charge in [0, 0.05) is 16.8 Å². The molecule has 0 radical (unpaired) electrons. The monoisotopic (exact) mass is 299 g/mol. The summed E-state index contributed by atoms with van der Waals surface area (Å²) in [7, 11) is 0. The molecule has 0 unspecified atom stereocenters. The fourth-order valence-electron chi connectivity index (χ4n) is 1.99. The van der Waals surface area contributed by atoms with Crippen molar-refractivity contribution in [3.8, 4) is 0 Å². The molecule has 1 heterocycles. The zero-order chi connectivity index (χ0) is 13.9. The van der Waals surface area contributed by atoms with Crippen molar-refractivity contribution in [2.45, 2.75) is 63.2 Å². The van der Waals surface area contributed by atoms with Crippen LogP contribution in [0.25, 0.3) is 0 Å². The summed E-state index contributed by atoms with van der Waals surface area (Å²) in [5.74, 6) is 0.0354. The van der Waals surface area contributed by atoms with Gasteiger partial charge in [-0.05, 0) is 12.5 Å². The molecule has 0 atom stereocenters. The molecule has 1 amide bonds. The van der Waals surface area contributed by atoms with E-state index in [1.165, 1.54) is 56.3 Å². The average molecular weight is 300 g/mol. The Balaban J connectivity index is 1.95. The van der Waals surface area contributed by atoms with Crippen LogP contribution in [0.5, 0.6) is 0 Å².